The highest BCUT2D eigenvalue weighted by Gasteiger charge is 2.34. The lowest BCUT2D eigenvalue weighted by molar-refractivity contribution is 0.0777. The molecule has 1 aromatic carbocycles. The molecular weight excluding hydrogens is 271 g/mol. The minimum Gasteiger partial charge on any atom is -0.337 e. The monoisotopic (exact) mass is 280 g/mol. The average Bonchev–Trinajstić information content (AvgIpc) is 2.81. The van der Waals surface area contributed by atoms with Crippen LogP contribution in [0.2, 0.25) is 0 Å². The lowest BCUT2D eigenvalue weighted by atomic mass is 10.1. The summed E-state index contributed by atoms with van der Waals surface area (Å²) in [6.07, 6.45) is 0.404. The molecule has 0 aromatic heterocycles. The summed E-state index contributed by atoms with van der Waals surface area (Å²) in [6.45, 7) is 0.123. The molecule has 0 aliphatic carbocycles. The van der Waals surface area contributed by atoms with Crippen molar-refractivity contribution in [1.29, 1.82) is 0 Å². The summed E-state index contributed by atoms with van der Waals surface area (Å²) in [5.74, 6) is -12.1. The van der Waals surface area contributed by atoms with Crippen LogP contribution in [0.4, 0.5) is 22.0 Å². The third-order valence-corrected chi connectivity index (χ3v) is 2.94. The van der Waals surface area contributed by atoms with Gasteiger partial charge in [-0.25, -0.2) is 22.0 Å². The Balaban J connectivity index is 2.48. The van der Waals surface area contributed by atoms with Gasteiger partial charge < -0.3 is 10.6 Å². The van der Waals surface area contributed by atoms with Crippen molar-refractivity contribution in [2.24, 2.45) is 5.73 Å². The number of nitrogens with zero attached hydrogens (tertiary/aromatic N) is 1. The molecule has 1 saturated heterocycles. The number of hydrogen-bond donors (Lipinski definition) is 1. The number of amides is 1. The highest BCUT2D eigenvalue weighted by atomic mass is 19.2. The van der Waals surface area contributed by atoms with Crippen molar-refractivity contribution in [2.75, 3.05) is 13.1 Å². The standard InChI is InChI=1S/C11H9F5N2O/c12-6-5(7(13)9(15)10(16)8(6)14)11(19)18-2-1-4(17)3-18/h4H,1-3,17H2/t4-/m0/s1. The summed E-state index contributed by atoms with van der Waals surface area (Å²) in [4.78, 5) is 12.7. The molecule has 104 valence electrons. The van der Waals surface area contributed by atoms with Gasteiger partial charge in [0.2, 0.25) is 5.82 Å². The van der Waals surface area contributed by atoms with Gasteiger partial charge in [-0.05, 0) is 6.42 Å². The lowest BCUT2D eigenvalue weighted by Gasteiger charge is -2.17. The molecule has 2 N–H and O–H groups in total. The second-order valence-corrected chi connectivity index (χ2v) is 4.24. The third kappa shape index (κ3) is 2.16. The second-order valence-electron chi connectivity index (χ2n) is 4.24. The summed E-state index contributed by atoms with van der Waals surface area (Å²) in [6, 6.07) is -0.370. The molecule has 0 unspecified atom stereocenters. The molecule has 19 heavy (non-hydrogen) atoms. The fraction of sp³-hybridized carbons (Fsp3) is 0.364. The van der Waals surface area contributed by atoms with Gasteiger partial charge in [0.05, 0.1) is 0 Å². The quantitative estimate of drug-likeness (QED) is 0.482. The molecule has 1 aliphatic heterocycles. The van der Waals surface area contributed by atoms with Gasteiger partial charge in [0.25, 0.3) is 5.91 Å². The van der Waals surface area contributed by atoms with Gasteiger partial charge in [0, 0.05) is 19.1 Å². The Labute approximate surface area is 104 Å². The first kappa shape index (κ1) is 13.7. The highest BCUT2D eigenvalue weighted by molar-refractivity contribution is 5.95. The van der Waals surface area contributed by atoms with Gasteiger partial charge in [0.1, 0.15) is 5.56 Å². The summed E-state index contributed by atoms with van der Waals surface area (Å²) >= 11 is 0. The molecule has 0 saturated carbocycles. The van der Waals surface area contributed by atoms with Crippen molar-refractivity contribution in [2.45, 2.75) is 12.5 Å². The largest absolute Gasteiger partial charge is 0.337 e. The first-order valence-electron chi connectivity index (χ1n) is 5.40. The predicted octanol–water partition coefficient (Wildman–Crippen LogP) is 1.56. The maximum absolute atomic E-state index is 13.4. The van der Waals surface area contributed by atoms with E-state index >= 15 is 0 Å². The molecular formula is C11H9F5N2O. The van der Waals surface area contributed by atoms with Crippen LogP contribution in [0.5, 0.6) is 0 Å². The molecule has 1 amide bonds. The van der Waals surface area contributed by atoms with Crippen LogP contribution < -0.4 is 5.73 Å². The maximum Gasteiger partial charge on any atom is 0.260 e. The number of nitrogens with two attached hydrogens (primary N) is 1. The van der Waals surface area contributed by atoms with Crippen LogP contribution in [0, 0.1) is 29.1 Å². The first-order valence-corrected chi connectivity index (χ1v) is 5.40. The van der Waals surface area contributed by atoms with E-state index in [1.54, 1.807) is 0 Å². The Kier molecular flexibility index (Phi) is 3.44. The summed E-state index contributed by atoms with van der Waals surface area (Å²) in [5, 5.41) is 0. The van der Waals surface area contributed by atoms with Crippen LogP contribution in [0.3, 0.4) is 0 Å². The zero-order valence-corrected chi connectivity index (χ0v) is 9.52. The van der Waals surface area contributed by atoms with E-state index in [1.807, 2.05) is 0 Å². The van der Waals surface area contributed by atoms with Crippen molar-refractivity contribution in [1.82, 2.24) is 4.90 Å². The van der Waals surface area contributed by atoms with E-state index < -0.39 is 40.6 Å². The fourth-order valence-corrected chi connectivity index (χ4v) is 1.92. The van der Waals surface area contributed by atoms with Crippen LogP contribution in [0.1, 0.15) is 16.8 Å². The van der Waals surface area contributed by atoms with E-state index in [4.69, 9.17) is 5.73 Å². The number of carbonyl (C=O) groups excluding carboxylic acids is 1. The molecule has 2 rings (SSSR count). The number of likely N-dealkylation sites (tertiary alicyclic amines) is 1. The van der Waals surface area contributed by atoms with Crippen molar-refractivity contribution >= 4 is 5.91 Å². The molecule has 0 bridgehead atoms. The van der Waals surface area contributed by atoms with Gasteiger partial charge in [0.15, 0.2) is 23.3 Å². The van der Waals surface area contributed by atoms with Gasteiger partial charge in [-0.3, -0.25) is 4.79 Å². The summed E-state index contributed by atoms with van der Waals surface area (Å²) < 4.78 is 65.6. The van der Waals surface area contributed by atoms with Crippen LogP contribution in [0.25, 0.3) is 0 Å². The molecule has 1 heterocycles. The van der Waals surface area contributed by atoms with Gasteiger partial charge in [-0.15, -0.1) is 0 Å². The van der Waals surface area contributed by atoms with E-state index in [2.05, 4.69) is 0 Å². The Morgan fingerprint density at radius 3 is 1.89 bits per heavy atom. The zero-order valence-electron chi connectivity index (χ0n) is 9.52. The Bertz CT molecular complexity index is 519. The molecule has 1 fully saturated rings. The average molecular weight is 280 g/mol. The van der Waals surface area contributed by atoms with E-state index in [1.165, 1.54) is 0 Å². The van der Waals surface area contributed by atoms with Gasteiger partial charge in [-0.2, -0.15) is 0 Å². The second kappa shape index (κ2) is 4.76. The normalized spacial score (nSPS) is 19.1. The Morgan fingerprint density at radius 1 is 1.00 bits per heavy atom. The molecule has 1 aliphatic rings. The van der Waals surface area contributed by atoms with Crippen molar-refractivity contribution < 1.29 is 26.7 Å². The van der Waals surface area contributed by atoms with Gasteiger partial charge in [-0.1, -0.05) is 0 Å². The smallest absolute Gasteiger partial charge is 0.260 e. The van der Waals surface area contributed by atoms with E-state index in [0.717, 1.165) is 4.90 Å². The molecule has 3 nitrogen and oxygen atoms in total. The third-order valence-electron chi connectivity index (χ3n) is 2.94. The first-order chi connectivity index (χ1) is 8.84. The molecule has 0 radical (unpaired) electrons. The molecule has 8 heteroatoms. The SMILES string of the molecule is N[C@H]1CCN(C(=O)c2c(F)c(F)c(F)c(F)c2F)C1. The van der Waals surface area contributed by atoms with Crippen LogP contribution in [-0.4, -0.2) is 29.9 Å². The van der Waals surface area contributed by atoms with Crippen molar-refractivity contribution in [3.63, 3.8) is 0 Å². The number of carbonyl (C=O) groups is 1. The van der Waals surface area contributed by atoms with Gasteiger partial charge >= 0.3 is 0 Å². The van der Waals surface area contributed by atoms with Crippen molar-refractivity contribution in [3.8, 4) is 0 Å². The van der Waals surface area contributed by atoms with E-state index in [9.17, 15) is 26.7 Å². The Morgan fingerprint density at radius 2 is 1.47 bits per heavy atom. The lowest BCUT2D eigenvalue weighted by Crippen LogP contribution is -2.33. The van der Waals surface area contributed by atoms with E-state index in [0.29, 0.717) is 6.42 Å². The minimum absolute atomic E-state index is 0.0122. The van der Waals surface area contributed by atoms with Crippen LogP contribution in [0.15, 0.2) is 0 Å². The zero-order chi connectivity index (χ0) is 14.3. The highest BCUT2D eigenvalue weighted by Crippen LogP contribution is 2.25. The maximum atomic E-state index is 13.4. The molecule has 1 aromatic rings. The predicted molar refractivity (Wildman–Crippen MR) is 54.7 cm³/mol. The topological polar surface area (TPSA) is 46.3 Å². The molecule has 0 spiro atoms. The van der Waals surface area contributed by atoms with Crippen molar-refractivity contribution in [3.05, 3.63) is 34.6 Å². The number of hydrogen-bond acceptors (Lipinski definition) is 2. The van der Waals surface area contributed by atoms with Crippen LogP contribution >= 0.6 is 0 Å². The minimum atomic E-state index is -2.29. The molecule has 1 atom stereocenters. The summed E-state index contributed by atoms with van der Waals surface area (Å²) in [7, 11) is 0. The number of benzene rings is 1. The van der Waals surface area contributed by atoms with E-state index in [-0.39, 0.29) is 19.1 Å². The fourth-order valence-electron chi connectivity index (χ4n) is 1.92. The number of halogens is 5. The Hall–Kier alpha value is -1.70. The number of rotatable bonds is 1. The van der Waals surface area contributed by atoms with Crippen LogP contribution in [-0.2, 0) is 0 Å². The summed E-state index contributed by atoms with van der Waals surface area (Å²) in [5.41, 5.74) is 4.07.